The minimum Gasteiger partial charge on any atom is -0.369 e. The van der Waals surface area contributed by atoms with E-state index < -0.39 is 0 Å². The molecule has 0 saturated carbocycles. The van der Waals surface area contributed by atoms with Gasteiger partial charge in [-0.3, -0.25) is 0 Å². The van der Waals surface area contributed by atoms with E-state index in [0.717, 1.165) is 39.4 Å². The number of aromatic nitrogens is 4. The van der Waals surface area contributed by atoms with E-state index in [4.69, 9.17) is 9.72 Å². The third kappa shape index (κ3) is 3.04. The molecule has 0 bridgehead atoms. The molecule has 0 saturated heterocycles. The molecule has 26 heavy (non-hydrogen) atoms. The zero-order valence-corrected chi connectivity index (χ0v) is 18.1. The lowest BCUT2D eigenvalue weighted by Crippen LogP contribution is -2.33. The summed E-state index contributed by atoms with van der Waals surface area (Å²) in [6, 6.07) is 0. The quantitative estimate of drug-likeness (QED) is 0.318. The van der Waals surface area contributed by atoms with Crippen LogP contribution >= 0.6 is 34.9 Å². The average molecular weight is 409 g/mol. The fourth-order valence-corrected chi connectivity index (χ4v) is 6.05. The van der Waals surface area contributed by atoms with Gasteiger partial charge in [-0.05, 0) is 31.6 Å². The van der Waals surface area contributed by atoms with Crippen LogP contribution in [0.1, 0.15) is 50.5 Å². The Labute approximate surface area is 166 Å². The fraction of sp³-hybridized carbons (Fsp3) is 0.611. The Kier molecular flexibility index (Phi) is 5.20. The fourth-order valence-electron chi connectivity index (χ4n) is 3.28. The molecule has 0 spiro atoms. The number of thioether (sulfide) groups is 2. The molecule has 0 aliphatic carbocycles. The van der Waals surface area contributed by atoms with E-state index in [1.165, 1.54) is 28.7 Å². The molecule has 0 unspecified atom stereocenters. The number of nitrogens with zero attached hydrogens (tertiary/aromatic N) is 4. The van der Waals surface area contributed by atoms with Crippen LogP contribution in [0.15, 0.2) is 10.3 Å². The number of fused-ring (bicyclic) bond motifs is 5. The molecule has 1 aliphatic heterocycles. The van der Waals surface area contributed by atoms with Crippen molar-refractivity contribution in [3.63, 3.8) is 0 Å². The Hall–Kier alpha value is -0.830. The molecule has 4 heterocycles. The van der Waals surface area contributed by atoms with Crippen LogP contribution in [-0.2, 0) is 17.8 Å². The number of thiophene rings is 1. The Morgan fingerprint density at radius 1 is 1.27 bits per heavy atom. The first-order valence-electron chi connectivity index (χ1n) is 9.10. The second-order valence-electron chi connectivity index (χ2n) is 6.89. The molecule has 0 amide bonds. The van der Waals surface area contributed by atoms with Gasteiger partial charge in [-0.1, -0.05) is 43.8 Å². The van der Waals surface area contributed by atoms with Gasteiger partial charge in [-0.2, -0.15) is 0 Å². The molecule has 0 N–H and O–H groups in total. The monoisotopic (exact) mass is 408 g/mol. The van der Waals surface area contributed by atoms with Crippen LogP contribution in [0.5, 0.6) is 0 Å². The van der Waals surface area contributed by atoms with Gasteiger partial charge >= 0.3 is 0 Å². The van der Waals surface area contributed by atoms with E-state index in [2.05, 4.69) is 41.6 Å². The molecule has 3 aromatic rings. The summed E-state index contributed by atoms with van der Waals surface area (Å²) in [4.78, 5) is 7.31. The number of hydrogen-bond acceptors (Lipinski definition) is 7. The second kappa shape index (κ2) is 7.30. The normalized spacial score (nSPS) is 20.2. The first-order valence-corrected chi connectivity index (χ1v) is 12.1. The third-order valence-corrected chi connectivity index (χ3v) is 7.83. The molecule has 140 valence electrons. The van der Waals surface area contributed by atoms with Gasteiger partial charge in [-0.25, -0.2) is 9.38 Å². The Bertz CT molecular complexity index is 951. The summed E-state index contributed by atoms with van der Waals surface area (Å²) in [5.41, 5.74) is 2.22. The summed E-state index contributed by atoms with van der Waals surface area (Å²) in [5.74, 6) is 1.06. The highest BCUT2D eigenvalue weighted by atomic mass is 32.2. The summed E-state index contributed by atoms with van der Waals surface area (Å²) in [6.07, 6.45) is 6.36. The van der Waals surface area contributed by atoms with Gasteiger partial charge in [0.05, 0.1) is 17.6 Å². The number of ether oxygens (including phenoxy) is 1. The maximum atomic E-state index is 6.14. The van der Waals surface area contributed by atoms with Crippen LogP contribution in [-0.4, -0.2) is 37.2 Å². The average Bonchev–Trinajstić information content (AvgIpc) is 3.22. The highest BCUT2D eigenvalue weighted by Gasteiger charge is 2.33. The highest BCUT2D eigenvalue weighted by molar-refractivity contribution is 7.99. The van der Waals surface area contributed by atoms with Gasteiger partial charge in [0, 0.05) is 17.1 Å². The molecule has 0 fully saturated rings. The first-order chi connectivity index (χ1) is 12.6. The third-order valence-electron chi connectivity index (χ3n) is 5.08. The van der Waals surface area contributed by atoms with E-state index in [0.29, 0.717) is 6.61 Å². The molecule has 5 nitrogen and oxygen atoms in total. The number of rotatable bonds is 6. The van der Waals surface area contributed by atoms with E-state index in [1.807, 2.05) is 0 Å². The Morgan fingerprint density at radius 3 is 2.85 bits per heavy atom. The highest BCUT2D eigenvalue weighted by Crippen LogP contribution is 2.42. The molecule has 0 aromatic carbocycles. The van der Waals surface area contributed by atoms with E-state index >= 15 is 0 Å². The minimum absolute atomic E-state index is 0.102. The molecule has 3 aromatic heterocycles. The van der Waals surface area contributed by atoms with Crippen molar-refractivity contribution in [2.24, 2.45) is 0 Å². The summed E-state index contributed by atoms with van der Waals surface area (Å²) < 4.78 is 8.29. The lowest BCUT2D eigenvalue weighted by Gasteiger charge is -2.32. The van der Waals surface area contributed by atoms with Crippen molar-refractivity contribution in [2.45, 2.75) is 69.0 Å². The van der Waals surface area contributed by atoms with Gasteiger partial charge < -0.3 is 4.74 Å². The molecular formula is C18H24N4OS3. The SMILES string of the molecule is CCCCSc1nnc2c3c4c(sc3nc(SC)n12)CO[C@](C)(CC)C4. The van der Waals surface area contributed by atoms with Gasteiger partial charge in [0.1, 0.15) is 4.83 Å². The van der Waals surface area contributed by atoms with Crippen molar-refractivity contribution in [2.75, 3.05) is 12.0 Å². The van der Waals surface area contributed by atoms with Crippen LogP contribution in [0.25, 0.3) is 15.9 Å². The van der Waals surface area contributed by atoms with Crippen LogP contribution in [0.4, 0.5) is 0 Å². The Balaban J connectivity index is 1.89. The van der Waals surface area contributed by atoms with Gasteiger partial charge in [0.25, 0.3) is 0 Å². The topological polar surface area (TPSA) is 52.3 Å². The number of unbranched alkanes of at least 4 members (excludes halogenated alkanes) is 1. The van der Waals surface area contributed by atoms with Crippen molar-refractivity contribution in [3.05, 3.63) is 10.4 Å². The first kappa shape index (κ1) is 18.5. The zero-order valence-electron chi connectivity index (χ0n) is 15.7. The van der Waals surface area contributed by atoms with Crippen LogP contribution in [0.3, 0.4) is 0 Å². The van der Waals surface area contributed by atoms with E-state index in [1.54, 1.807) is 34.9 Å². The van der Waals surface area contributed by atoms with Gasteiger partial charge in [0.2, 0.25) is 0 Å². The standard InChI is InChI=1S/C18H24N4OS3/c1-5-7-8-25-17-21-20-14-13-11-9-18(3,6-2)23-10-12(11)26-15(13)19-16(24-4)22(14)17/h5-10H2,1-4H3/t18-/m1/s1. The molecule has 8 heteroatoms. The van der Waals surface area contributed by atoms with Crippen molar-refractivity contribution in [3.8, 4) is 0 Å². The maximum absolute atomic E-state index is 6.14. The summed E-state index contributed by atoms with van der Waals surface area (Å²) in [6.45, 7) is 7.29. The van der Waals surface area contributed by atoms with Crippen molar-refractivity contribution in [1.29, 1.82) is 0 Å². The zero-order chi connectivity index (χ0) is 18.3. The van der Waals surface area contributed by atoms with Gasteiger partial charge in [0.15, 0.2) is 16.0 Å². The summed E-state index contributed by atoms with van der Waals surface area (Å²) in [7, 11) is 0. The summed E-state index contributed by atoms with van der Waals surface area (Å²) >= 11 is 5.18. The van der Waals surface area contributed by atoms with Crippen molar-refractivity contribution < 1.29 is 4.74 Å². The summed E-state index contributed by atoms with van der Waals surface area (Å²) in [5, 5.41) is 12.2. The van der Waals surface area contributed by atoms with Gasteiger partial charge in [-0.15, -0.1) is 21.5 Å². The van der Waals surface area contributed by atoms with E-state index in [-0.39, 0.29) is 5.60 Å². The van der Waals surface area contributed by atoms with Crippen LogP contribution < -0.4 is 0 Å². The maximum Gasteiger partial charge on any atom is 0.197 e. The van der Waals surface area contributed by atoms with E-state index in [9.17, 15) is 0 Å². The molecule has 0 radical (unpaired) electrons. The molecular weight excluding hydrogens is 384 g/mol. The van der Waals surface area contributed by atoms with Crippen molar-refractivity contribution >= 4 is 50.7 Å². The van der Waals surface area contributed by atoms with Crippen LogP contribution in [0.2, 0.25) is 0 Å². The second-order valence-corrected chi connectivity index (χ2v) is 9.81. The lowest BCUT2D eigenvalue weighted by atomic mass is 9.90. The predicted molar refractivity (Wildman–Crippen MR) is 111 cm³/mol. The lowest BCUT2D eigenvalue weighted by molar-refractivity contribution is -0.0542. The molecule has 4 rings (SSSR count). The minimum atomic E-state index is -0.102. The Morgan fingerprint density at radius 2 is 2.12 bits per heavy atom. The number of hydrogen-bond donors (Lipinski definition) is 0. The molecule has 1 aliphatic rings. The smallest absolute Gasteiger partial charge is 0.197 e. The molecule has 1 atom stereocenters. The predicted octanol–water partition coefficient (Wildman–Crippen LogP) is 5.19. The van der Waals surface area contributed by atoms with Crippen molar-refractivity contribution in [1.82, 2.24) is 19.6 Å². The largest absolute Gasteiger partial charge is 0.369 e. The van der Waals surface area contributed by atoms with Crippen LogP contribution in [0, 0.1) is 0 Å².